The fraction of sp³-hybridized carbons (Fsp3) is 0.500. The van der Waals surface area contributed by atoms with E-state index < -0.39 is 0 Å². The minimum Gasteiger partial charge on any atom is -0.353 e. The van der Waals surface area contributed by atoms with Crippen molar-refractivity contribution < 1.29 is 9.18 Å². The van der Waals surface area contributed by atoms with Crippen molar-refractivity contribution in [3.8, 4) is 0 Å². The maximum Gasteiger partial charge on any atom is 0.226 e. The summed E-state index contributed by atoms with van der Waals surface area (Å²) in [5.74, 6) is 0.0648. The number of benzene rings is 1. The van der Waals surface area contributed by atoms with Crippen LogP contribution in [0.1, 0.15) is 36.9 Å². The minimum absolute atomic E-state index is 0.00865. The molecule has 146 valence electrons. The molecule has 27 heavy (non-hydrogen) atoms. The SMILES string of the molecule is Cn1ccc(CC(=O)NC2CCCCC2CNCc2ccc(Cl)cc2F)n1. The molecule has 0 saturated heterocycles. The number of amides is 1. The van der Waals surface area contributed by atoms with Crippen molar-refractivity contribution in [2.45, 2.75) is 44.7 Å². The van der Waals surface area contributed by atoms with E-state index in [0.717, 1.165) is 37.9 Å². The van der Waals surface area contributed by atoms with Crippen LogP contribution in [0.3, 0.4) is 0 Å². The number of hydrogen-bond acceptors (Lipinski definition) is 3. The van der Waals surface area contributed by atoms with Gasteiger partial charge in [-0.1, -0.05) is 30.5 Å². The van der Waals surface area contributed by atoms with E-state index in [-0.39, 0.29) is 17.8 Å². The number of aromatic nitrogens is 2. The topological polar surface area (TPSA) is 59.0 Å². The molecular formula is C20H26ClFN4O. The fourth-order valence-corrected chi connectivity index (χ4v) is 3.84. The predicted molar refractivity (Wildman–Crippen MR) is 104 cm³/mol. The standard InChI is InChI=1S/C20H26ClFN4O/c1-26-9-8-17(25-26)11-20(27)24-19-5-3-2-4-15(19)13-23-12-14-6-7-16(21)10-18(14)22/h6-10,15,19,23H,2-5,11-13H2,1H3,(H,24,27). The van der Waals surface area contributed by atoms with E-state index in [2.05, 4.69) is 15.7 Å². The molecule has 1 saturated carbocycles. The van der Waals surface area contributed by atoms with E-state index in [4.69, 9.17) is 11.6 Å². The van der Waals surface area contributed by atoms with Crippen LogP contribution in [0.2, 0.25) is 5.02 Å². The van der Waals surface area contributed by atoms with Crippen LogP contribution in [-0.4, -0.2) is 28.3 Å². The predicted octanol–water partition coefficient (Wildman–Crippen LogP) is 3.22. The zero-order chi connectivity index (χ0) is 19.2. The van der Waals surface area contributed by atoms with Gasteiger partial charge in [0.1, 0.15) is 5.82 Å². The number of rotatable bonds is 7. The molecule has 1 aliphatic rings. The molecule has 1 heterocycles. The maximum atomic E-state index is 13.9. The highest BCUT2D eigenvalue weighted by molar-refractivity contribution is 6.30. The average Bonchev–Trinajstić information content (AvgIpc) is 3.03. The molecule has 1 fully saturated rings. The second kappa shape index (κ2) is 9.33. The lowest BCUT2D eigenvalue weighted by molar-refractivity contribution is -0.121. The summed E-state index contributed by atoms with van der Waals surface area (Å²) in [6.07, 6.45) is 6.46. The molecule has 5 nitrogen and oxygen atoms in total. The van der Waals surface area contributed by atoms with Gasteiger partial charge < -0.3 is 10.6 Å². The molecule has 3 rings (SSSR count). The summed E-state index contributed by atoms with van der Waals surface area (Å²) in [5, 5.41) is 11.2. The lowest BCUT2D eigenvalue weighted by atomic mass is 9.84. The van der Waals surface area contributed by atoms with E-state index >= 15 is 0 Å². The number of halogens is 2. The van der Waals surface area contributed by atoms with Crippen LogP contribution >= 0.6 is 11.6 Å². The highest BCUT2D eigenvalue weighted by atomic mass is 35.5. The first kappa shape index (κ1) is 19.8. The van der Waals surface area contributed by atoms with E-state index in [0.29, 0.717) is 29.5 Å². The van der Waals surface area contributed by atoms with Crippen molar-refractivity contribution in [1.82, 2.24) is 20.4 Å². The normalized spacial score (nSPS) is 19.8. The molecule has 0 spiro atoms. The highest BCUT2D eigenvalue weighted by Crippen LogP contribution is 2.24. The molecule has 1 aromatic carbocycles. The second-order valence-electron chi connectivity index (χ2n) is 7.24. The Bertz CT molecular complexity index is 779. The first-order chi connectivity index (χ1) is 13.0. The lowest BCUT2D eigenvalue weighted by Gasteiger charge is -2.32. The van der Waals surface area contributed by atoms with Crippen molar-refractivity contribution in [2.24, 2.45) is 13.0 Å². The van der Waals surface area contributed by atoms with Crippen LogP contribution in [0.4, 0.5) is 4.39 Å². The Labute approximate surface area is 164 Å². The molecule has 2 unspecified atom stereocenters. The molecule has 1 amide bonds. The van der Waals surface area contributed by atoms with Gasteiger partial charge in [0.25, 0.3) is 0 Å². The van der Waals surface area contributed by atoms with Crippen molar-refractivity contribution in [1.29, 1.82) is 0 Å². The van der Waals surface area contributed by atoms with Gasteiger partial charge in [-0.25, -0.2) is 4.39 Å². The van der Waals surface area contributed by atoms with Gasteiger partial charge in [-0.15, -0.1) is 0 Å². The molecule has 1 aromatic heterocycles. The van der Waals surface area contributed by atoms with Gasteiger partial charge in [0.05, 0.1) is 12.1 Å². The number of nitrogens with zero attached hydrogens (tertiary/aromatic N) is 2. The molecule has 0 bridgehead atoms. The van der Waals surface area contributed by atoms with Crippen molar-refractivity contribution in [2.75, 3.05) is 6.54 Å². The molecular weight excluding hydrogens is 367 g/mol. The summed E-state index contributed by atoms with van der Waals surface area (Å²) in [6.45, 7) is 1.20. The monoisotopic (exact) mass is 392 g/mol. The van der Waals surface area contributed by atoms with Gasteiger partial charge in [0.15, 0.2) is 0 Å². The summed E-state index contributed by atoms with van der Waals surface area (Å²) in [5.41, 5.74) is 1.38. The van der Waals surface area contributed by atoms with Crippen molar-refractivity contribution in [3.05, 3.63) is 52.6 Å². The molecule has 7 heteroatoms. The summed E-state index contributed by atoms with van der Waals surface area (Å²) >= 11 is 5.79. The summed E-state index contributed by atoms with van der Waals surface area (Å²) in [4.78, 5) is 12.4. The van der Waals surface area contributed by atoms with Gasteiger partial charge in [0.2, 0.25) is 5.91 Å². The Morgan fingerprint density at radius 3 is 2.89 bits per heavy atom. The molecule has 2 atom stereocenters. The number of carbonyl (C=O) groups is 1. The molecule has 2 N–H and O–H groups in total. The van der Waals surface area contributed by atoms with Crippen LogP contribution in [0.5, 0.6) is 0 Å². The Balaban J connectivity index is 1.49. The maximum absolute atomic E-state index is 13.9. The van der Waals surface area contributed by atoms with Gasteiger partial charge in [-0.2, -0.15) is 5.10 Å². The van der Waals surface area contributed by atoms with E-state index in [1.807, 2.05) is 19.3 Å². The molecule has 1 aliphatic carbocycles. The van der Waals surface area contributed by atoms with Gasteiger partial charge in [-0.05, 0) is 37.0 Å². The third-order valence-electron chi connectivity index (χ3n) is 5.10. The zero-order valence-corrected chi connectivity index (χ0v) is 16.3. The number of aryl methyl sites for hydroxylation is 1. The van der Waals surface area contributed by atoms with E-state index in [1.54, 1.807) is 16.8 Å². The third kappa shape index (κ3) is 5.78. The van der Waals surface area contributed by atoms with Gasteiger partial charge >= 0.3 is 0 Å². The number of nitrogens with one attached hydrogen (secondary N) is 2. The fourth-order valence-electron chi connectivity index (χ4n) is 3.68. The van der Waals surface area contributed by atoms with Crippen molar-refractivity contribution in [3.63, 3.8) is 0 Å². The lowest BCUT2D eigenvalue weighted by Crippen LogP contribution is -2.46. The third-order valence-corrected chi connectivity index (χ3v) is 5.34. The molecule has 2 aromatic rings. The van der Waals surface area contributed by atoms with Crippen LogP contribution in [0.25, 0.3) is 0 Å². The Morgan fingerprint density at radius 1 is 1.33 bits per heavy atom. The second-order valence-corrected chi connectivity index (χ2v) is 7.68. The highest BCUT2D eigenvalue weighted by Gasteiger charge is 2.26. The van der Waals surface area contributed by atoms with Crippen LogP contribution in [0, 0.1) is 11.7 Å². The Hall–Kier alpha value is -1.92. The van der Waals surface area contributed by atoms with Crippen LogP contribution in [-0.2, 0) is 24.8 Å². The minimum atomic E-state index is -0.293. The summed E-state index contributed by atoms with van der Waals surface area (Å²) < 4.78 is 15.6. The van der Waals surface area contributed by atoms with Crippen molar-refractivity contribution >= 4 is 17.5 Å². The smallest absolute Gasteiger partial charge is 0.226 e. The Morgan fingerprint density at radius 2 is 2.15 bits per heavy atom. The largest absolute Gasteiger partial charge is 0.353 e. The quantitative estimate of drug-likeness (QED) is 0.760. The first-order valence-corrected chi connectivity index (χ1v) is 9.81. The van der Waals surface area contributed by atoms with Gasteiger partial charge in [-0.3, -0.25) is 9.48 Å². The van der Waals surface area contributed by atoms with Crippen LogP contribution < -0.4 is 10.6 Å². The first-order valence-electron chi connectivity index (χ1n) is 9.44. The molecule has 0 radical (unpaired) electrons. The van der Waals surface area contributed by atoms with E-state index in [1.165, 1.54) is 6.07 Å². The Kier molecular flexibility index (Phi) is 6.85. The summed E-state index contributed by atoms with van der Waals surface area (Å²) in [6, 6.07) is 6.75. The number of hydrogen-bond donors (Lipinski definition) is 2. The number of carbonyl (C=O) groups excluding carboxylic acids is 1. The van der Waals surface area contributed by atoms with Gasteiger partial charge in [0, 0.05) is 43.0 Å². The average molecular weight is 393 g/mol. The zero-order valence-electron chi connectivity index (χ0n) is 15.5. The summed E-state index contributed by atoms with van der Waals surface area (Å²) in [7, 11) is 1.84. The van der Waals surface area contributed by atoms with E-state index in [9.17, 15) is 9.18 Å². The molecule has 0 aliphatic heterocycles. The van der Waals surface area contributed by atoms with Crippen LogP contribution in [0.15, 0.2) is 30.5 Å².